The molecule has 1 atom stereocenters. The maximum Gasteiger partial charge on any atom is 0.237 e. The molecular formula is C16H31N3O2. The first kappa shape index (κ1) is 16.7. The Bertz CT molecular complexity index is 298. The van der Waals surface area contributed by atoms with Crippen LogP contribution < -0.4 is 16.4 Å². The van der Waals surface area contributed by atoms with Crippen LogP contribution >= 0.6 is 0 Å². The van der Waals surface area contributed by atoms with Gasteiger partial charge in [-0.3, -0.25) is 4.79 Å². The Morgan fingerprint density at radius 1 is 1.05 bits per heavy atom. The van der Waals surface area contributed by atoms with Crippen LogP contribution in [-0.4, -0.2) is 44.3 Å². The largest absolute Gasteiger partial charge is 0.381 e. The van der Waals surface area contributed by atoms with Gasteiger partial charge in [-0.15, -0.1) is 0 Å². The molecule has 5 heteroatoms. The van der Waals surface area contributed by atoms with E-state index in [2.05, 4.69) is 10.6 Å². The molecule has 1 heterocycles. The fourth-order valence-electron chi connectivity index (χ4n) is 3.35. The molecule has 1 aliphatic heterocycles. The second kappa shape index (κ2) is 9.38. The zero-order valence-electron chi connectivity index (χ0n) is 13.1. The summed E-state index contributed by atoms with van der Waals surface area (Å²) in [6.07, 6.45) is 9.75. The molecule has 1 saturated heterocycles. The summed E-state index contributed by atoms with van der Waals surface area (Å²) in [4.78, 5) is 12.0. The quantitative estimate of drug-likeness (QED) is 0.508. The van der Waals surface area contributed by atoms with E-state index >= 15 is 0 Å². The van der Waals surface area contributed by atoms with Crippen LogP contribution in [-0.2, 0) is 9.53 Å². The van der Waals surface area contributed by atoms with Gasteiger partial charge in [0.15, 0.2) is 0 Å². The van der Waals surface area contributed by atoms with Gasteiger partial charge >= 0.3 is 0 Å². The van der Waals surface area contributed by atoms with Crippen molar-refractivity contribution in [2.75, 3.05) is 26.3 Å². The molecule has 1 amide bonds. The maximum absolute atomic E-state index is 12.0. The Balaban J connectivity index is 1.57. The summed E-state index contributed by atoms with van der Waals surface area (Å²) in [7, 11) is 0. The summed E-state index contributed by atoms with van der Waals surface area (Å²) in [5.41, 5.74) is 6.05. The van der Waals surface area contributed by atoms with Crippen LogP contribution in [0, 0.1) is 5.92 Å². The van der Waals surface area contributed by atoms with Gasteiger partial charge in [-0.05, 0) is 31.6 Å². The van der Waals surface area contributed by atoms with Gasteiger partial charge in [0.05, 0.1) is 6.04 Å². The minimum atomic E-state index is -0.383. The van der Waals surface area contributed by atoms with Crippen LogP contribution in [0.15, 0.2) is 0 Å². The first-order valence-electron chi connectivity index (χ1n) is 8.62. The minimum Gasteiger partial charge on any atom is -0.381 e. The van der Waals surface area contributed by atoms with Crippen LogP contribution in [0.4, 0.5) is 0 Å². The fraction of sp³-hybridized carbons (Fsp3) is 0.938. The van der Waals surface area contributed by atoms with E-state index in [1.165, 1.54) is 38.5 Å². The van der Waals surface area contributed by atoms with Crippen LogP contribution in [0.1, 0.15) is 51.4 Å². The van der Waals surface area contributed by atoms with Crippen molar-refractivity contribution in [2.45, 2.75) is 63.5 Å². The van der Waals surface area contributed by atoms with Crippen molar-refractivity contribution < 1.29 is 9.53 Å². The smallest absolute Gasteiger partial charge is 0.237 e. The Labute approximate surface area is 128 Å². The molecule has 0 bridgehead atoms. The van der Waals surface area contributed by atoms with E-state index in [0.29, 0.717) is 12.6 Å². The number of hydrogen-bond donors (Lipinski definition) is 3. The van der Waals surface area contributed by atoms with E-state index in [1.807, 2.05) is 0 Å². The third kappa shape index (κ3) is 5.93. The molecule has 0 spiro atoms. The van der Waals surface area contributed by atoms with E-state index in [4.69, 9.17) is 10.5 Å². The van der Waals surface area contributed by atoms with E-state index in [9.17, 15) is 4.79 Å². The lowest BCUT2D eigenvalue weighted by Gasteiger charge is -2.26. The molecule has 0 radical (unpaired) electrons. The summed E-state index contributed by atoms with van der Waals surface area (Å²) in [6, 6.07) is 0.250. The Hall–Kier alpha value is -0.650. The Kier molecular flexibility index (Phi) is 7.47. The second-order valence-corrected chi connectivity index (χ2v) is 6.41. The molecule has 122 valence electrons. The standard InChI is InChI=1S/C16H31N3O2/c17-15(13-7-11-21-12-8-13)16(20)19-10-9-18-14-5-3-1-2-4-6-14/h13-15,18H,1-12,17H2,(H,19,20). The van der Waals surface area contributed by atoms with Crippen LogP contribution in [0.25, 0.3) is 0 Å². The molecular weight excluding hydrogens is 266 g/mol. The number of hydrogen-bond acceptors (Lipinski definition) is 4. The summed E-state index contributed by atoms with van der Waals surface area (Å²) < 4.78 is 5.31. The highest BCUT2D eigenvalue weighted by Crippen LogP contribution is 2.18. The number of amides is 1. The summed E-state index contributed by atoms with van der Waals surface area (Å²) in [5, 5.41) is 6.53. The van der Waals surface area contributed by atoms with Gasteiger partial charge in [-0.25, -0.2) is 0 Å². The lowest BCUT2D eigenvalue weighted by molar-refractivity contribution is -0.124. The van der Waals surface area contributed by atoms with E-state index in [0.717, 1.165) is 32.6 Å². The Morgan fingerprint density at radius 3 is 2.38 bits per heavy atom. The monoisotopic (exact) mass is 297 g/mol. The number of carbonyl (C=O) groups is 1. The lowest BCUT2D eigenvalue weighted by atomic mass is 9.92. The van der Waals surface area contributed by atoms with E-state index < -0.39 is 0 Å². The topological polar surface area (TPSA) is 76.4 Å². The molecule has 2 rings (SSSR count). The highest BCUT2D eigenvalue weighted by molar-refractivity contribution is 5.81. The van der Waals surface area contributed by atoms with Crippen molar-refractivity contribution in [2.24, 2.45) is 11.7 Å². The van der Waals surface area contributed by atoms with Gasteiger partial charge in [0.25, 0.3) is 0 Å². The molecule has 5 nitrogen and oxygen atoms in total. The minimum absolute atomic E-state index is 0.00966. The number of nitrogens with one attached hydrogen (secondary N) is 2. The molecule has 2 aliphatic rings. The normalized spacial score (nSPS) is 23.5. The summed E-state index contributed by atoms with van der Waals surface area (Å²) in [6.45, 7) is 2.98. The SMILES string of the molecule is NC(C(=O)NCCNC1CCCCCC1)C1CCOCC1. The first-order valence-corrected chi connectivity index (χ1v) is 8.62. The molecule has 1 saturated carbocycles. The van der Waals surface area contributed by atoms with Crippen molar-refractivity contribution in [1.29, 1.82) is 0 Å². The molecule has 0 aromatic heterocycles. The predicted molar refractivity (Wildman–Crippen MR) is 84.0 cm³/mol. The predicted octanol–water partition coefficient (Wildman–Crippen LogP) is 1.17. The first-order chi connectivity index (χ1) is 10.3. The molecule has 1 aliphatic carbocycles. The third-order valence-electron chi connectivity index (χ3n) is 4.79. The highest BCUT2D eigenvalue weighted by atomic mass is 16.5. The van der Waals surface area contributed by atoms with Crippen LogP contribution in [0.3, 0.4) is 0 Å². The van der Waals surface area contributed by atoms with Crippen molar-refractivity contribution >= 4 is 5.91 Å². The van der Waals surface area contributed by atoms with Crippen molar-refractivity contribution in [3.63, 3.8) is 0 Å². The molecule has 21 heavy (non-hydrogen) atoms. The van der Waals surface area contributed by atoms with Crippen LogP contribution in [0.5, 0.6) is 0 Å². The molecule has 2 fully saturated rings. The summed E-state index contributed by atoms with van der Waals surface area (Å²) >= 11 is 0. The van der Waals surface area contributed by atoms with Gasteiger partial charge in [0.2, 0.25) is 5.91 Å². The van der Waals surface area contributed by atoms with E-state index in [-0.39, 0.29) is 17.9 Å². The zero-order valence-corrected chi connectivity index (χ0v) is 13.1. The van der Waals surface area contributed by atoms with Crippen LogP contribution in [0.2, 0.25) is 0 Å². The second-order valence-electron chi connectivity index (χ2n) is 6.41. The number of carbonyl (C=O) groups excluding carboxylic acids is 1. The molecule has 0 aromatic carbocycles. The maximum atomic E-state index is 12.0. The Morgan fingerprint density at radius 2 is 1.71 bits per heavy atom. The number of nitrogens with two attached hydrogens (primary N) is 1. The van der Waals surface area contributed by atoms with Crippen molar-refractivity contribution in [1.82, 2.24) is 10.6 Å². The average Bonchev–Trinajstić information content (AvgIpc) is 2.80. The number of rotatable bonds is 6. The average molecular weight is 297 g/mol. The van der Waals surface area contributed by atoms with Gasteiger partial charge in [0, 0.05) is 32.3 Å². The molecule has 0 aromatic rings. The van der Waals surface area contributed by atoms with Crippen molar-refractivity contribution in [3.05, 3.63) is 0 Å². The highest BCUT2D eigenvalue weighted by Gasteiger charge is 2.26. The molecule has 1 unspecified atom stereocenters. The number of ether oxygens (including phenoxy) is 1. The lowest BCUT2D eigenvalue weighted by Crippen LogP contribution is -2.48. The third-order valence-corrected chi connectivity index (χ3v) is 4.79. The molecule has 4 N–H and O–H groups in total. The van der Waals surface area contributed by atoms with Gasteiger partial charge in [-0.2, -0.15) is 0 Å². The summed E-state index contributed by atoms with van der Waals surface area (Å²) in [5.74, 6) is 0.262. The van der Waals surface area contributed by atoms with Gasteiger partial charge in [0.1, 0.15) is 0 Å². The zero-order chi connectivity index (χ0) is 14.9. The van der Waals surface area contributed by atoms with Crippen molar-refractivity contribution in [3.8, 4) is 0 Å². The fourth-order valence-corrected chi connectivity index (χ4v) is 3.35. The van der Waals surface area contributed by atoms with Gasteiger partial charge < -0.3 is 21.1 Å². The van der Waals surface area contributed by atoms with Gasteiger partial charge in [-0.1, -0.05) is 25.7 Å². The van der Waals surface area contributed by atoms with E-state index in [1.54, 1.807) is 0 Å².